The van der Waals surface area contributed by atoms with E-state index in [2.05, 4.69) is 5.32 Å². The minimum Gasteiger partial charge on any atom is -0.391 e. The molecule has 29 heavy (non-hydrogen) atoms. The molecule has 0 aliphatic heterocycles. The fourth-order valence-electron chi connectivity index (χ4n) is 3.63. The van der Waals surface area contributed by atoms with Gasteiger partial charge in [0.15, 0.2) is 5.78 Å². The summed E-state index contributed by atoms with van der Waals surface area (Å²) in [4.78, 5) is 23.2. The van der Waals surface area contributed by atoms with E-state index in [0.29, 0.717) is 30.8 Å². The van der Waals surface area contributed by atoms with Gasteiger partial charge in [-0.05, 0) is 62.3 Å². The molecule has 0 heterocycles. The first-order valence-corrected chi connectivity index (χ1v) is 10.7. The number of nitrogens with one attached hydrogen (secondary N) is 2. The second-order valence-electron chi connectivity index (χ2n) is 7.54. The van der Waals surface area contributed by atoms with Crippen LogP contribution in [0.4, 0.5) is 5.69 Å². The van der Waals surface area contributed by atoms with Crippen LogP contribution in [0.1, 0.15) is 64.2 Å². The van der Waals surface area contributed by atoms with E-state index in [9.17, 15) is 14.7 Å². The molecule has 1 amide bonds. The molecule has 1 aromatic rings. The average molecular weight is 423 g/mol. The van der Waals surface area contributed by atoms with Crippen molar-refractivity contribution in [3.8, 4) is 0 Å². The van der Waals surface area contributed by atoms with E-state index in [1.807, 2.05) is 18.2 Å². The van der Waals surface area contributed by atoms with Crippen LogP contribution in [-0.4, -0.2) is 34.7 Å². The van der Waals surface area contributed by atoms with E-state index in [0.717, 1.165) is 56.2 Å². The third kappa shape index (κ3) is 8.56. The van der Waals surface area contributed by atoms with Gasteiger partial charge >= 0.3 is 0 Å². The maximum Gasteiger partial charge on any atom is 0.243 e. The molecule has 0 bridgehead atoms. The minimum atomic E-state index is -0.490. The van der Waals surface area contributed by atoms with Crippen molar-refractivity contribution >= 4 is 29.0 Å². The van der Waals surface area contributed by atoms with Crippen molar-refractivity contribution in [1.82, 2.24) is 5.48 Å². The van der Waals surface area contributed by atoms with Gasteiger partial charge in [0.2, 0.25) is 5.91 Å². The second-order valence-corrected chi connectivity index (χ2v) is 7.97. The zero-order chi connectivity index (χ0) is 21.1. The summed E-state index contributed by atoms with van der Waals surface area (Å²) in [5.74, 6) is -0.115. The smallest absolute Gasteiger partial charge is 0.243 e. The Balaban J connectivity index is 1.70. The van der Waals surface area contributed by atoms with Gasteiger partial charge in [-0.15, -0.1) is 0 Å². The fourth-order valence-corrected chi connectivity index (χ4v) is 3.82. The predicted octanol–water partition coefficient (Wildman–Crippen LogP) is 4.40. The molecule has 0 spiro atoms. The Kier molecular flexibility index (Phi) is 10.2. The van der Waals surface area contributed by atoms with Crippen molar-refractivity contribution in [1.29, 1.82) is 0 Å². The number of benzene rings is 1. The number of unbranched alkanes of at least 4 members (excludes halogenated alkanes) is 3. The Morgan fingerprint density at radius 3 is 2.69 bits per heavy atom. The molecule has 1 aliphatic rings. The highest BCUT2D eigenvalue weighted by Crippen LogP contribution is 2.30. The summed E-state index contributed by atoms with van der Waals surface area (Å²) in [6, 6.07) is 7.39. The lowest BCUT2D eigenvalue weighted by Gasteiger charge is -2.14. The number of amides is 1. The van der Waals surface area contributed by atoms with E-state index < -0.39 is 6.10 Å². The molecule has 0 aromatic heterocycles. The fraction of sp³-hybridized carbons (Fsp3) is 0.545. The van der Waals surface area contributed by atoms with Crippen LogP contribution in [0.3, 0.4) is 0 Å². The zero-order valence-corrected chi connectivity index (χ0v) is 17.5. The molecule has 0 fully saturated rings. The maximum atomic E-state index is 12.2. The topological polar surface area (TPSA) is 98.7 Å². The number of carbonyl (C=O) groups is 2. The molecule has 1 unspecified atom stereocenters. The summed E-state index contributed by atoms with van der Waals surface area (Å²) in [5.41, 5.74) is 4.66. The summed E-state index contributed by atoms with van der Waals surface area (Å²) in [6.07, 6.45) is 6.87. The van der Waals surface area contributed by atoms with E-state index in [1.54, 1.807) is 11.5 Å². The minimum absolute atomic E-state index is 0.242. The molecule has 0 saturated heterocycles. The van der Waals surface area contributed by atoms with Gasteiger partial charge in [-0.2, -0.15) is 0 Å². The van der Waals surface area contributed by atoms with Crippen molar-refractivity contribution < 1.29 is 19.9 Å². The number of halogens is 1. The first-order valence-electron chi connectivity index (χ1n) is 10.3. The average Bonchev–Trinajstić information content (AvgIpc) is 3.06. The first kappa shape index (κ1) is 23.4. The number of carbonyl (C=O) groups excluding carboxylic acids is 2. The molecule has 1 aromatic carbocycles. The molecule has 0 saturated carbocycles. The summed E-state index contributed by atoms with van der Waals surface area (Å²) >= 11 is 5.96. The van der Waals surface area contributed by atoms with Crippen LogP contribution in [0.25, 0.3) is 0 Å². The number of Topliss-reactive ketones (excluding diaryl/α,β-unsaturated/α-hetero) is 1. The maximum absolute atomic E-state index is 12.2. The van der Waals surface area contributed by atoms with Gasteiger partial charge in [0, 0.05) is 30.1 Å². The summed E-state index contributed by atoms with van der Waals surface area (Å²) in [5, 5.41) is 22.6. The molecule has 6 nitrogen and oxygen atoms in total. The lowest BCUT2D eigenvalue weighted by molar-refractivity contribution is -0.129. The number of ketones is 1. The van der Waals surface area contributed by atoms with Gasteiger partial charge in [-0.1, -0.05) is 36.1 Å². The molecule has 0 radical (unpaired) electrons. The summed E-state index contributed by atoms with van der Waals surface area (Å²) in [7, 11) is 0. The van der Waals surface area contributed by atoms with Gasteiger partial charge in [0.05, 0.1) is 6.10 Å². The van der Waals surface area contributed by atoms with E-state index >= 15 is 0 Å². The number of hydrogen-bond acceptors (Lipinski definition) is 5. The van der Waals surface area contributed by atoms with Crippen LogP contribution in [0.15, 0.2) is 35.4 Å². The number of hydrogen-bond donors (Lipinski definition) is 4. The molecule has 2 rings (SSSR count). The molecule has 1 aliphatic carbocycles. The van der Waals surface area contributed by atoms with Crippen LogP contribution < -0.4 is 10.8 Å². The SMILES string of the molecule is O=C(CCCCCCC1=C(CCC(O)CNc2cccc(Cl)c2)CCC1=O)NO. The summed E-state index contributed by atoms with van der Waals surface area (Å²) < 4.78 is 0. The number of aliphatic hydroxyl groups excluding tert-OH is 1. The van der Waals surface area contributed by atoms with Crippen molar-refractivity contribution in [2.75, 3.05) is 11.9 Å². The van der Waals surface area contributed by atoms with E-state index in [1.165, 1.54) is 5.57 Å². The molecule has 7 heteroatoms. The van der Waals surface area contributed by atoms with Crippen molar-refractivity contribution in [3.63, 3.8) is 0 Å². The lowest BCUT2D eigenvalue weighted by Crippen LogP contribution is -2.19. The first-order chi connectivity index (χ1) is 14.0. The highest BCUT2D eigenvalue weighted by atomic mass is 35.5. The lowest BCUT2D eigenvalue weighted by atomic mass is 9.98. The Hall–Kier alpha value is -1.89. The Morgan fingerprint density at radius 1 is 1.14 bits per heavy atom. The van der Waals surface area contributed by atoms with Crippen LogP contribution in [0.2, 0.25) is 5.02 Å². The highest BCUT2D eigenvalue weighted by Gasteiger charge is 2.22. The van der Waals surface area contributed by atoms with Crippen LogP contribution in [0.5, 0.6) is 0 Å². The molecule has 1 atom stereocenters. The third-order valence-electron chi connectivity index (χ3n) is 5.27. The van der Waals surface area contributed by atoms with Crippen LogP contribution in [-0.2, 0) is 9.59 Å². The second kappa shape index (κ2) is 12.6. The largest absolute Gasteiger partial charge is 0.391 e. The molecule has 160 valence electrons. The number of anilines is 1. The highest BCUT2D eigenvalue weighted by molar-refractivity contribution is 6.30. The Morgan fingerprint density at radius 2 is 1.93 bits per heavy atom. The monoisotopic (exact) mass is 422 g/mol. The Labute approximate surface area is 177 Å². The molecular formula is C22H31ClN2O4. The quantitative estimate of drug-likeness (QED) is 0.214. The number of allylic oxidation sites excluding steroid dienone is 2. The molecular weight excluding hydrogens is 392 g/mol. The van der Waals surface area contributed by atoms with Crippen LogP contribution >= 0.6 is 11.6 Å². The molecule has 4 N–H and O–H groups in total. The van der Waals surface area contributed by atoms with Gasteiger partial charge < -0.3 is 10.4 Å². The van der Waals surface area contributed by atoms with E-state index in [-0.39, 0.29) is 11.7 Å². The zero-order valence-electron chi connectivity index (χ0n) is 16.8. The van der Waals surface area contributed by atoms with Gasteiger partial charge in [0.1, 0.15) is 0 Å². The van der Waals surface area contributed by atoms with Gasteiger partial charge in [0.25, 0.3) is 0 Å². The third-order valence-corrected chi connectivity index (χ3v) is 5.50. The normalized spacial score (nSPS) is 14.9. The van der Waals surface area contributed by atoms with Crippen molar-refractivity contribution in [2.24, 2.45) is 0 Å². The standard InChI is InChI=1S/C22H31ClN2O4/c23-17-6-5-7-18(14-17)24-15-19(26)12-10-16-11-13-21(27)20(16)8-3-1-2-4-9-22(28)25-29/h5-7,14,19,24,26,29H,1-4,8-13,15H2,(H,25,28). The van der Waals surface area contributed by atoms with Crippen molar-refractivity contribution in [3.05, 3.63) is 40.4 Å². The van der Waals surface area contributed by atoms with Crippen LogP contribution in [0, 0.1) is 0 Å². The summed E-state index contributed by atoms with van der Waals surface area (Å²) in [6.45, 7) is 0.443. The predicted molar refractivity (Wildman–Crippen MR) is 114 cm³/mol. The van der Waals surface area contributed by atoms with E-state index in [4.69, 9.17) is 16.8 Å². The van der Waals surface area contributed by atoms with Gasteiger partial charge in [-0.3, -0.25) is 14.8 Å². The number of hydroxylamine groups is 1. The number of aliphatic hydroxyl groups is 1. The Bertz CT molecular complexity index is 721. The van der Waals surface area contributed by atoms with Gasteiger partial charge in [-0.25, -0.2) is 5.48 Å². The number of rotatable bonds is 13. The van der Waals surface area contributed by atoms with Crippen molar-refractivity contribution in [2.45, 2.75) is 70.3 Å².